The van der Waals surface area contributed by atoms with E-state index in [2.05, 4.69) is 36.4 Å². The average molecular weight is 726 g/mol. The molecule has 1 aliphatic heterocycles. The second-order valence-corrected chi connectivity index (χ2v) is 13.6. The number of urea groups is 1. The molecule has 10 nitrogen and oxygen atoms in total. The first-order valence-electron chi connectivity index (χ1n) is 16.9. The molecule has 0 unspecified atom stereocenters. The van der Waals surface area contributed by atoms with Crippen molar-refractivity contribution in [2.75, 3.05) is 44.2 Å². The van der Waals surface area contributed by atoms with Gasteiger partial charge in [-0.3, -0.25) is 19.3 Å². The monoisotopic (exact) mass is 724 g/mol. The van der Waals surface area contributed by atoms with Gasteiger partial charge in [0.05, 0.1) is 0 Å². The molecule has 4 aromatic rings. The number of carbonyl (C=O) groups excluding carboxylic acids is 4. The zero-order chi connectivity index (χ0) is 34.2. The van der Waals surface area contributed by atoms with E-state index in [-0.39, 0.29) is 31.3 Å². The number of amides is 5. The number of nitrogens with one attached hydrogen (secondary N) is 2. The van der Waals surface area contributed by atoms with Crippen LogP contribution >= 0.6 is 15.9 Å². The highest BCUT2D eigenvalue weighted by atomic mass is 79.9. The van der Waals surface area contributed by atoms with Crippen molar-refractivity contribution in [3.63, 3.8) is 0 Å². The van der Waals surface area contributed by atoms with Crippen LogP contribution in [-0.4, -0.2) is 83.3 Å². The van der Waals surface area contributed by atoms with Crippen molar-refractivity contribution in [1.29, 1.82) is 0 Å². The normalized spacial score (nSPS) is 15.5. The SMILES string of the molecule is O=C(NC1(C(=O)N(CCc2ccccc2)C(=O)NCCC(=O)N2CCN(c3ccccn3)CC2)CCCC1)c1ccc2cc(Br)ccc2c1. The van der Waals surface area contributed by atoms with Crippen molar-refractivity contribution in [3.05, 3.63) is 107 Å². The number of pyridine rings is 1. The number of piperazine rings is 1. The van der Waals surface area contributed by atoms with E-state index in [9.17, 15) is 19.2 Å². The Bertz CT molecular complexity index is 1790. The minimum Gasteiger partial charge on any atom is -0.353 e. The van der Waals surface area contributed by atoms with Crippen LogP contribution in [0.3, 0.4) is 0 Å². The van der Waals surface area contributed by atoms with Gasteiger partial charge in [0.1, 0.15) is 11.4 Å². The lowest BCUT2D eigenvalue weighted by Gasteiger charge is -2.35. The molecule has 49 heavy (non-hydrogen) atoms. The first-order chi connectivity index (χ1) is 23.8. The van der Waals surface area contributed by atoms with E-state index in [0.29, 0.717) is 51.0 Å². The Labute approximate surface area is 295 Å². The molecule has 2 aliphatic rings. The molecule has 1 aromatic heterocycles. The van der Waals surface area contributed by atoms with Gasteiger partial charge in [-0.25, -0.2) is 9.78 Å². The fourth-order valence-electron chi connectivity index (χ4n) is 6.71. The number of fused-ring (bicyclic) bond motifs is 1. The second kappa shape index (κ2) is 15.6. The van der Waals surface area contributed by atoms with Crippen LogP contribution < -0.4 is 15.5 Å². The molecule has 0 spiro atoms. The molecule has 6 rings (SSSR count). The highest BCUT2D eigenvalue weighted by Crippen LogP contribution is 2.33. The largest absolute Gasteiger partial charge is 0.353 e. The lowest BCUT2D eigenvalue weighted by atomic mass is 9.94. The predicted molar refractivity (Wildman–Crippen MR) is 193 cm³/mol. The van der Waals surface area contributed by atoms with Gasteiger partial charge in [-0.05, 0) is 72.0 Å². The molecule has 0 atom stereocenters. The van der Waals surface area contributed by atoms with Gasteiger partial charge in [0.2, 0.25) is 5.91 Å². The molecular weight excluding hydrogens is 684 g/mol. The lowest BCUT2D eigenvalue weighted by molar-refractivity contribution is -0.134. The Balaban J connectivity index is 1.11. The summed E-state index contributed by atoms with van der Waals surface area (Å²) in [6.45, 7) is 2.74. The molecule has 1 saturated heterocycles. The molecule has 11 heteroatoms. The summed E-state index contributed by atoms with van der Waals surface area (Å²) in [4.78, 5) is 64.4. The minimum absolute atomic E-state index is 0.0506. The molecule has 1 aliphatic carbocycles. The molecule has 2 heterocycles. The molecule has 3 aromatic carbocycles. The second-order valence-electron chi connectivity index (χ2n) is 12.7. The number of anilines is 1. The van der Waals surface area contributed by atoms with Gasteiger partial charge in [-0.2, -0.15) is 0 Å². The van der Waals surface area contributed by atoms with Gasteiger partial charge in [-0.15, -0.1) is 0 Å². The van der Waals surface area contributed by atoms with Gasteiger partial charge >= 0.3 is 6.03 Å². The number of rotatable bonds is 10. The van der Waals surface area contributed by atoms with E-state index in [1.807, 2.05) is 78.9 Å². The van der Waals surface area contributed by atoms with E-state index in [1.54, 1.807) is 17.2 Å². The number of benzene rings is 3. The third-order valence-corrected chi connectivity index (χ3v) is 9.95. The topological polar surface area (TPSA) is 115 Å². The van der Waals surface area contributed by atoms with Gasteiger partial charge < -0.3 is 20.4 Å². The highest BCUT2D eigenvalue weighted by molar-refractivity contribution is 9.10. The van der Waals surface area contributed by atoms with Crippen LogP contribution in [0.5, 0.6) is 0 Å². The van der Waals surface area contributed by atoms with E-state index in [0.717, 1.165) is 39.5 Å². The van der Waals surface area contributed by atoms with E-state index >= 15 is 0 Å². The fourth-order valence-corrected chi connectivity index (χ4v) is 7.09. The zero-order valence-electron chi connectivity index (χ0n) is 27.4. The Hall–Kier alpha value is -4.77. The van der Waals surface area contributed by atoms with Crippen LogP contribution in [-0.2, 0) is 16.0 Å². The minimum atomic E-state index is -1.21. The number of halogens is 1. The maximum absolute atomic E-state index is 14.4. The van der Waals surface area contributed by atoms with Crippen molar-refractivity contribution in [2.45, 2.75) is 44.1 Å². The third kappa shape index (κ3) is 8.28. The molecule has 1 saturated carbocycles. The van der Waals surface area contributed by atoms with Crippen LogP contribution in [0.4, 0.5) is 10.6 Å². The van der Waals surface area contributed by atoms with Crippen molar-refractivity contribution < 1.29 is 19.2 Å². The quantitative estimate of drug-likeness (QED) is 0.222. The van der Waals surface area contributed by atoms with E-state index in [1.165, 1.54) is 4.90 Å². The number of carbonyl (C=O) groups is 4. The smallest absolute Gasteiger partial charge is 0.324 e. The first kappa shape index (κ1) is 34.1. The van der Waals surface area contributed by atoms with Gasteiger partial charge in [0.15, 0.2) is 0 Å². The van der Waals surface area contributed by atoms with Crippen molar-refractivity contribution in [1.82, 2.24) is 25.4 Å². The zero-order valence-corrected chi connectivity index (χ0v) is 29.0. The first-order valence-corrected chi connectivity index (χ1v) is 17.7. The van der Waals surface area contributed by atoms with Gasteiger partial charge in [0.25, 0.3) is 11.8 Å². The summed E-state index contributed by atoms with van der Waals surface area (Å²) in [6, 6.07) is 26.2. The summed E-state index contributed by atoms with van der Waals surface area (Å²) in [5.74, 6) is 0.0695. The number of hydrogen-bond acceptors (Lipinski definition) is 6. The lowest BCUT2D eigenvalue weighted by Crippen LogP contribution is -2.61. The number of aromatic nitrogens is 1. The van der Waals surface area contributed by atoms with Crippen LogP contribution in [0.15, 0.2) is 95.6 Å². The summed E-state index contributed by atoms with van der Waals surface area (Å²) in [6.07, 6.45) is 4.74. The number of nitrogens with zero attached hydrogens (tertiary/aromatic N) is 4. The van der Waals surface area contributed by atoms with Crippen LogP contribution in [0.25, 0.3) is 10.8 Å². The van der Waals surface area contributed by atoms with Crippen LogP contribution in [0.1, 0.15) is 48.0 Å². The number of imide groups is 1. The molecule has 0 bridgehead atoms. The van der Waals surface area contributed by atoms with Crippen molar-refractivity contribution in [2.24, 2.45) is 0 Å². The molecule has 254 valence electrons. The van der Waals surface area contributed by atoms with Crippen LogP contribution in [0, 0.1) is 0 Å². The Kier molecular flexibility index (Phi) is 10.9. The molecular formula is C38H41BrN6O4. The maximum Gasteiger partial charge on any atom is 0.324 e. The van der Waals surface area contributed by atoms with E-state index in [4.69, 9.17) is 0 Å². The third-order valence-electron chi connectivity index (χ3n) is 9.46. The molecule has 5 amide bonds. The van der Waals surface area contributed by atoms with E-state index < -0.39 is 17.5 Å². The Morgan fingerprint density at radius 2 is 1.55 bits per heavy atom. The predicted octanol–water partition coefficient (Wildman–Crippen LogP) is 5.56. The summed E-state index contributed by atoms with van der Waals surface area (Å²) in [7, 11) is 0. The van der Waals surface area contributed by atoms with Gasteiger partial charge in [0, 0.05) is 61.9 Å². The summed E-state index contributed by atoms with van der Waals surface area (Å²) < 4.78 is 0.949. The summed E-state index contributed by atoms with van der Waals surface area (Å²) in [5, 5.41) is 7.80. The highest BCUT2D eigenvalue weighted by Gasteiger charge is 2.46. The molecule has 2 fully saturated rings. The van der Waals surface area contributed by atoms with Crippen LogP contribution in [0.2, 0.25) is 0 Å². The maximum atomic E-state index is 14.4. The van der Waals surface area contributed by atoms with Crippen molar-refractivity contribution >= 4 is 56.3 Å². The summed E-state index contributed by atoms with van der Waals surface area (Å²) in [5.41, 5.74) is 0.233. The average Bonchev–Trinajstić information content (AvgIpc) is 3.61. The molecule has 0 radical (unpaired) electrons. The standard InChI is InChI=1S/C38H41BrN6O4/c39-32-14-13-29-26-31(12-11-30(29)27-32)35(47)42-38(17-5-6-18-38)36(48)45(21-16-28-8-2-1-3-9-28)37(49)41-20-15-34(46)44-24-22-43(23-25-44)33-10-4-7-19-40-33/h1-4,7-14,19,26-27H,5-6,15-18,20-25H2,(H,41,49)(H,42,47). The summed E-state index contributed by atoms with van der Waals surface area (Å²) >= 11 is 3.49. The molecule has 2 N–H and O–H groups in total. The number of hydrogen-bond donors (Lipinski definition) is 2. The Morgan fingerprint density at radius 3 is 2.29 bits per heavy atom. The van der Waals surface area contributed by atoms with Crippen molar-refractivity contribution in [3.8, 4) is 0 Å². The Morgan fingerprint density at radius 1 is 0.837 bits per heavy atom. The van der Waals surface area contributed by atoms with Gasteiger partial charge in [-0.1, -0.05) is 77.3 Å². The fraction of sp³-hybridized carbons (Fsp3) is 0.342.